The van der Waals surface area contributed by atoms with E-state index in [1.54, 1.807) is 0 Å². The highest BCUT2D eigenvalue weighted by Gasteiger charge is 2.44. The fourth-order valence-electron chi connectivity index (χ4n) is 4.22. The van der Waals surface area contributed by atoms with Crippen molar-refractivity contribution in [3.8, 4) is 0 Å². The van der Waals surface area contributed by atoms with E-state index in [0.717, 1.165) is 28.4 Å². The summed E-state index contributed by atoms with van der Waals surface area (Å²) in [5, 5.41) is 3.38. The SMILES string of the molecule is Cc1c(Br)cccc1C(=O)NC(c1ccccc1)C1(N(C)C)CCCC1. The second-order valence-corrected chi connectivity index (χ2v) is 8.29. The maximum Gasteiger partial charge on any atom is 0.252 e. The standard InChI is InChI=1S/C22H27BrN2O/c1-16-18(12-9-13-19(16)23)21(26)24-20(17-10-5-4-6-11-17)22(25(2)3)14-7-8-15-22/h4-6,9-13,20H,7-8,14-15H2,1-3H3,(H,24,26). The Bertz CT molecular complexity index is 767. The van der Waals surface area contributed by atoms with E-state index in [-0.39, 0.29) is 17.5 Å². The predicted molar refractivity (Wildman–Crippen MR) is 110 cm³/mol. The molecule has 138 valence electrons. The Balaban J connectivity index is 1.99. The molecule has 0 radical (unpaired) electrons. The van der Waals surface area contributed by atoms with Crippen LogP contribution in [0.2, 0.25) is 0 Å². The van der Waals surface area contributed by atoms with Crippen molar-refractivity contribution >= 4 is 21.8 Å². The van der Waals surface area contributed by atoms with E-state index in [0.29, 0.717) is 0 Å². The van der Waals surface area contributed by atoms with Crippen LogP contribution in [-0.4, -0.2) is 30.4 Å². The van der Waals surface area contributed by atoms with Gasteiger partial charge in [0.25, 0.3) is 5.91 Å². The van der Waals surface area contributed by atoms with Crippen molar-refractivity contribution in [2.45, 2.75) is 44.2 Å². The lowest BCUT2D eigenvalue weighted by molar-refractivity contribution is 0.0765. The second-order valence-electron chi connectivity index (χ2n) is 7.43. The zero-order valence-corrected chi connectivity index (χ0v) is 17.3. The predicted octanol–water partition coefficient (Wildman–Crippen LogP) is 5.10. The number of carbonyl (C=O) groups is 1. The third kappa shape index (κ3) is 3.58. The molecule has 1 aliphatic carbocycles. The number of hydrogen-bond donors (Lipinski definition) is 1. The molecule has 2 aromatic rings. The summed E-state index contributed by atoms with van der Waals surface area (Å²) in [5.41, 5.74) is 2.83. The molecular weight excluding hydrogens is 388 g/mol. The van der Waals surface area contributed by atoms with Gasteiger partial charge in [0, 0.05) is 15.6 Å². The fraction of sp³-hybridized carbons (Fsp3) is 0.409. The third-order valence-electron chi connectivity index (χ3n) is 5.82. The van der Waals surface area contributed by atoms with Crippen LogP contribution in [0.4, 0.5) is 0 Å². The van der Waals surface area contributed by atoms with E-state index >= 15 is 0 Å². The van der Waals surface area contributed by atoms with Crippen molar-refractivity contribution in [1.29, 1.82) is 0 Å². The highest BCUT2D eigenvalue weighted by atomic mass is 79.9. The molecule has 1 saturated carbocycles. The molecule has 0 aliphatic heterocycles. The first-order chi connectivity index (χ1) is 12.5. The Labute approximate surface area is 164 Å². The van der Waals surface area contributed by atoms with Gasteiger partial charge in [-0.25, -0.2) is 0 Å². The molecule has 0 aromatic heterocycles. The number of hydrogen-bond acceptors (Lipinski definition) is 2. The molecule has 3 nitrogen and oxygen atoms in total. The Kier molecular flexibility index (Phi) is 5.83. The normalized spacial score (nSPS) is 17.3. The van der Waals surface area contributed by atoms with E-state index in [2.05, 4.69) is 64.5 Å². The number of nitrogens with zero attached hydrogens (tertiary/aromatic N) is 1. The van der Waals surface area contributed by atoms with Crippen LogP contribution in [-0.2, 0) is 0 Å². The molecule has 26 heavy (non-hydrogen) atoms. The maximum absolute atomic E-state index is 13.2. The minimum atomic E-state index is -0.0447. The van der Waals surface area contributed by atoms with Crippen LogP contribution in [0.3, 0.4) is 0 Å². The van der Waals surface area contributed by atoms with Crippen molar-refractivity contribution in [1.82, 2.24) is 10.2 Å². The molecule has 1 fully saturated rings. The van der Waals surface area contributed by atoms with Crippen LogP contribution in [0.25, 0.3) is 0 Å². The summed E-state index contributed by atoms with van der Waals surface area (Å²) in [6, 6.07) is 16.1. The summed E-state index contributed by atoms with van der Waals surface area (Å²) in [6.07, 6.45) is 4.59. The molecule has 0 saturated heterocycles. The molecule has 1 aliphatic rings. The first-order valence-electron chi connectivity index (χ1n) is 9.24. The number of carbonyl (C=O) groups excluding carboxylic acids is 1. The summed E-state index contributed by atoms with van der Waals surface area (Å²) < 4.78 is 0.963. The van der Waals surface area contributed by atoms with Crippen LogP contribution in [0.15, 0.2) is 53.0 Å². The largest absolute Gasteiger partial charge is 0.343 e. The molecule has 4 heteroatoms. The Hall–Kier alpha value is -1.65. The third-order valence-corrected chi connectivity index (χ3v) is 6.68. The molecule has 1 amide bonds. The number of likely N-dealkylation sites (N-methyl/N-ethyl adjacent to an activating group) is 1. The van der Waals surface area contributed by atoms with E-state index < -0.39 is 0 Å². The summed E-state index contributed by atoms with van der Waals surface area (Å²) in [6.45, 7) is 1.98. The summed E-state index contributed by atoms with van der Waals surface area (Å²) in [7, 11) is 4.27. The average Bonchev–Trinajstić information content (AvgIpc) is 3.13. The molecule has 3 rings (SSSR count). The second kappa shape index (κ2) is 7.93. The van der Waals surface area contributed by atoms with Crippen molar-refractivity contribution in [3.63, 3.8) is 0 Å². The Morgan fingerprint density at radius 2 is 1.73 bits per heavy atom. The number of rotatable bonds is 5. The van der Waals surface area contributed by atoms with Gasteiger partial charge < -0.3 is 10.2 Å². The highest BCUT2D eigenvalue weighted by molar-refractivity contribution is 9.10. The monoisotopic (exact) mass is 414 g/mol. The van der Waals surface area contributed by atoms with Crippen LogP contribution in [0.1, 0.15) is 53.2 Å². The van der Waals surface area contributed by atoms with Crippen LogP contribution in [0, 0.1) is 6.92 Å². The van der Waals surface area contributed by atoms with Crippen LogP contribution < -0.4 is 5.32 Å². The number of halogens is 1. The molecule has 1 unspecified atom stereocenters. The molecule has 1 N–H and O–H groups in total. The maximum atomic E-state index is 13.2. The van der Waals surface area contributed by atoms with Crippen LogP contribution in [0.5, 0.6) is 0 Å². The first kappa shape index (κ1) is 19.1. The summed E-state index contributed by atoms with van der Waals surface area (Å²) in [4.78, 5) is 15.5. The minimum absolute atomic E-state index is 0.00854. The lowest BCUT2D eigenvalue weighted by Gasteiger charge is -2.44. The van der Waals surface area contributed by atoms with Gasteiger partial charge in [-0.1, -0.05) is 65.2 Å². The van der Waals surface area contributed by atoms with Gasteiger partial charge in [-0.2, -0.15) is 0 Å². The fourth-order valence-corrected chi connectivity index (χ4v) is 4.58. The minimum Gasteiger partial charge on any atom is -0.343 e. The van der Waals surface area contributed by atoms with E-state index in [9.17, 15) is 4.79 Å². The number of benzene rings is 2. The lowest BCUT2D eigenvalue weighted by Crippen LogP contribution is -2.53. The molecular formula is C22H27BrN2O. The van der Waals surface area contributed by atoms with Gasteiger partial charge in [0.05, 0.1) is 6.04 Å². The number of nitrogens with one attached hydrogen (secondary N) is 1. The van der Waals surface area contributed by atoms with Gasteiger partial charge in [0.15, 0.2) is 0 Å². The topological polar surface area (TPSA) is 32.3 Å². The van der Waals surface area contributed by atoms with Gasteiger partial charge in [-0.3, -0.25) is 4.79 Å². The van der Waals surface area contributed by atoms with Gasteiger partial charge >= 0.3 is 0 Å². The van der Waals surface area contributed by atoms with Gasteiger partial charge in [-0.15, -0.1) is 0 Å². The zero-order chi connectivity index (χ0) is 18.7. The smallest absolute Gasteiger partial charge is 0.252 e. The molecule has 2 aromatic carbocycles. The first-order valence-corrected chi connectivity index (χ1v) is 10.0. The van der Waals surface area contributed by atoms with E-state index in [1.807, 2.05) is 31.2 Å². The van der Waals surface area contributed by atoms with Crippen LogP contribution >= 0.6 is 15.9 Å². The Morgan fingerprint density at radius 3 is 2.35 bits per heavy atom. The highest BCUT2D eigenvalue weighted by Crippen LogP contribution is 2.43. The van der Waals surface area contributed by atoms with Crippen molar-refractivity contribution in [2.24, 2.45) is 0 Å². The van der Waals surface area contributed by atoms with Gasteiger partial charge in [0.2, 0.25) is 0 Å². The molecule has 0 heterocycles. The van der Waals surface area contributed by atoms with Crippen molar-refractivity contribution in [3.05, 3.63) is 69.7 Å². The van der Waals surface area contributed by atoms with E-state index in [4.69, 9.17) is 0 Å². The van der Waals surface area contributed by atoms with E-state index in [1.165, 1.54) is 18.4 Å². The average molecular weight is 415 g/mol. The zero-order valence-electron chi connectivity index (χ0n) is 15.8. The summed E-state index contributed by atoms with van der Waals surface area (Å²) in [5.74, 6) is -0.00854. The molecule has 1 atom stereocenters. The number of amides is 1. The quantitative estimate of drug-likeness (QED) is 0.737. The summed E-state index contributed by atoms with van der Waals surface area (Å²) >= 11 is 3.54. The van der Waals surface area contributed by atoms with Crippen molar-refractivity contribution in [2.75, 3.05) is 14.1 Å². The van der Waals surface area contributed by atoms with Gasteiger partial charge in [-0.05, 0) is 57.1 Å². The molecule has 0 spiro atoms. The lowest BCUT2D eigenvalue weighted by atomic mass is 9.82. The molecule has 0 bridgehead atoms. The van der Waals surface area contributed by atoms with Gasteiger partial charge in [0.1, 0.15) is 0 Å². The Morgan fingerprint density at radius 1 is 1.08 bits per heavy atom. The van der Waals surface area contributed by atoms with Crippen molar-refractivity contribution < 1.29 is 4.79 Å².